The molecular formula is C14H28O3S. The summed E-state index contributed by atoms with van der Waals surface area (Å²) in [5.41, 5.74) is 0. The third-order valence-electron chi connectivity index (χ3n) is 3.08. The maximum Gasteiger partial charge on any atom is 0.319 e. The van der Waals surface area contributed by atoms with E-state index < -0.39 is 22.0 Å². The molecule has 3 nitrogen and oxygen atoms in total. The minimum absolute atomic E-state index is 0.0621. The highest BCUT2D eigenvalue weighted by molar-refractivity contribution is 7.86. The van der Waals surface area contributed by atoms with Crippen molar-refractivity contribution < 1.29 is 14.1 Å². The van der Waals surface area contributed by atoms with Gasteiger partial charge in [0.1, 0.15) is 5.25 Å². The minimum Gasteiger partial charge on any atom is -0.480 e. The zero-order chi connectivity index (χ0) is 14.0. The van der Waals surface area contributed by atoms with Crippen molar-refractivity contribution in [2.45, 2.75) is 71.0 Å². The molecule has 2 unspecified atom stereocenters. The lowest BCUT2D eigenvalue weighted by Gasteiger charge is -2.15. The molecule has 2 atom stereocenters. The Morgan fingerprint density at radius 1 is 1.06 bits per heavy atom. The molecule has 0 radical (unpaired) electrons. The van der Waals surface area contributed by atoms with Gasteiger partial charge in [-0.1, -0.05) is 59.3 Å². The average molecular weight is 276 g/mol. The van der Waals surface area contributed by atoms with Gasteiger partial charge in [-0.3, -0.25) is 9.00 Å². The SMILES string of the molecule is CCCCCCCCCS(=O)C(C(=O)O)C(C)C. The molecule has 0 aliphatic carbocycles. The van der Waals surface area contributed by atoms with Crippen LogP contribution in [0.1, 0.15) is 65.7 Å². The fraction of sp³-hybridized carbons (Fsp3) is 0.929. The molecule has 0 fully saturated rings. The molecule has 18 heavy (non-hydrogen) atoms. The number of aliphatic carboxylic acids is 1. The molecule has 0 amide bonds. The lowest BCUT2D eigenvalue weighted by Crippen LogP contribution is -2.32. The molecule has 0 spiro atoms. The van der Waals surface area contributed by atoms with E-state index in [0.29, 0.717) is 5.75 Å². The minimum atomic E-state index is -1.23. The van der Waals surface area contributed by atoms with Gasteiger partial charge in [0.05, 0.1) is 0 Å². The molecule has 108 valence electrons. The number of carboxylic acid groups (broad SMARTS) is 1. The van der Waals surface area contributed by atoms with Gasteiger partial charge in [0, 0.05) is 16.6 Å². The summed E-state index contributed by atoms with van der Waals surface area (Å²) in [4.78, 5) is 11.0. The molecule has 4 heteroatoms. The topological polar surface area (TPSA) is 54.4 Å². The van der Waals surface area contributed by atoms with E-state index in [4.69, 9.17) is 5.11 Å². The van der Waals surface area contributed by atoms with E-state index in [-0.39, 0.29) is 5.92 Å². The van der Waals surface area contributed by atoms with E-state index in [1.807, 2.05) is 13.8 Å². The molecule has 0 aliphatic rings. The smallest absolute Gasteiger partial charge is 0.319 e. The standard InChI is InChI=1S/C14H28O3S/c1-4-5-6-7-8-9-10-11-18(17)13(12(2)3)14(15)16/h12-13H,4-11H2,1-3H3,(H,15,16). The zero-order valence-corrected chi connectivity index (χ0v) is 12.8. The van der Waals surface area contributed by atoms with Crippen molar-refractivity contribution in [3.8, 4) is 0 Å². The van der Waals surface area contributed by atoms with Crippen LogP contribution in [0, 0.1) is 5.92 Å². The van der Waals surface area contributed by atoms with Crippen LogP contribution in [0.4, 0.5) is 0 Å². The van der Waals surface area contributed by atoms with Crippen molar-refractivity contribution in [3.05, 3.63) is 0 Å². The van der Waals surface area contributed by atoms with E-state index >= 15 is 0 Å². The van der Waals surface area contributed by atoms with Gasteiger partial charge in [0.15, 0.2) is 0 Å². The second-order valence-corrected chi connectivity index (χ2v) is 6.89. The van der Waals surface area contributed by atoms with E-state index in [2.05, 4.69) is 6.92 Å². The number of hydrogen-bond donors (Lipinski definition) is 1. The predicted octanol–water partition coefficient (Wildman–Crippen LogP) is 3.59. The molecule has 0 aromatic carbocycles. The normalized spacial score (nSPS) is 14.7. The first-order valence-corrected chi connectivity index (χ1v) is 8.48. The quantitative estimate of drug-likeness (QED) is 0.587. The Hall–Kier alpha value is -0.380. The third kappa shape index (κ3) is 7.85. The average Bonchev–Trinajstić information content (AvgIpc) is 2.26. The van der Waals surface area contributed by atoms with Gasteiger partial charge < -0.3 is 5.11 Å². The van der Waals surface area contributed by atoms with Gasteiger partial charge >= 0.3 is 5.97 Å². The van der Waals surface area contributed by atoms with Crippen LogP contribution in [0.15, 0.2) is 0 Å². The summed E-state index contributed by atoms with van der Waals surface area (Å²) < 4.78 is 11.9. The van der Waals surface area contributed by atoms with Crippen molar-refractivity contribution in [1.29, 1.82) is 0 Å². The van der Waals surface area contributed by atoms with Crippen molar-refractivity contribution in [3.63, 3.8) is 0 Å². The molecular weight excluding hydrogens is 248 g/mol. The molecule has 1 N–H and O–H groups in total. The number of carboxylic acids is 1. The highest BCUT2D eigenvalue weighted by Crippen LogP contribution is 2.13. The summed E-state index contributed by atoms with van der Waals surface area (Å²) in [6, 6.07) is 0. The van der Waals surface area contributed by atoms with Crippen LogP contribution in [-0.4, -0.2) is 26.3 Å². The van der Waals surface area contributed by atoms with Crippen molar-refractivity contribution in [2.24, 2.45) is 5.92 Å². The lowest BCUT2D eigenvalue weighted by molar-refractivity contribution is -0.137. The third-order valence-corrected chi connectivity index (χ3v) is 5.08. The fourth-order valence-corrected chi connectivity index (χ4v) is 3.60. The Balaban J connectivity index is 3.72. The molecule has 0 bridgehead atoms. The van der Waals surface area contributed by atoms with Gasteiger partial charge in [-0.2, -0.15) is 0 Å². The molecule has 0 heterocycles. The predicted molar refractivity (Wildman–Crippen MR) is 77.3 cm³/mol. The van der Waals surface area contributed by atoms with E-state index in [1.54, 1.807) is 0 Å². The van der Waals surface area contributed by atoms with Gasteiger partial charge in [0.2, 0.25) is 0 Å². The van der Waals surface area contributed by atoms with Crippen LogP contribution >= 0.6 is 0 Å². The maximum absolute atomic E-state index is 11.9. The first-order valence-electron chi connectivity index (χ1n) is 7.10. The first kappa shape index (κ1) is 17.6. The van der Waals surface area contributed by atoms with Crippen LogP contribution in [0.2, 0.25) is 0 Å². The Morgan fingerprint density at radius 3 is 2.00 bits per heavy atom. The van der Waals surface area contributed by atoms with Crippen molar-refractivity contribution >= 4 is 16.8 Å². The van der Waals surface area contributed by atoms with Gasteiger partial charge in [-0.15, -0.1) is 0 Å². The van der Waals surface area contributed by atoms with Crippen LogP contribution in [0.25, 0.3) is 0 Å². The molecule has 0 aromatic rings. The Labute approximate surface area is 114 Å². The molecule has 0 aliphatic heterocycles. The molecule has 0 saturated heterocycles. The second kappa shape index (κ2) is 10.5. The van der Waals surface area contributed by atoms with E-state index in [9.17, 15) is 9.00 Å². The summed E-state index contributed by atoms with van der Waals surface area (Å²) in [5, 5.41) is 8.32. The number of carbonyl (C=O) groups is 1. The maximum atomic E-state index is 11.9. The number of hydrogen-bond acceptors (Lipinski definition) is 2. The van der Waals surface area contributed by atoms with Crippen LogP contribution in [0.3, 0.4) is 0 Å². The largest absolute Gasteiger partial charge is 0.480 e. The van der Waals surface area contributed by atoms with Gasteiger partial charge in [-0.25, -0.2) is 0 Å². The van der Waals surface area contributed by atoms with Gasteiger partial charge in [-0.05, 0) is 12.3 Å². The Morgan fingerprint density at radius 2 is 1.56 bits per heavy atom. The Kier molecular flexibility index (Phi) is 10.3. The molecule has 0 aromatic heterocycles. The van der Waals surface area contributed by atoms with Gasteiger partial charge in [0.25, 0.3) is 0 Å². The number of rotatable bonds is 11. The summed E-state index contributed by atoms with van der Waals surface area (Å²) >= 11 is 0. The fourth-order valence-electron chi connectivity index (χ4n) is 2.03. The van der Waals surface area contributed by atoms with Crippen LogP contribution in [-0.2, 0) is 15.6 Å². The molecule has 0 saturated carbocycles. The van der Waals surface area contributed by atoms with Crippen molar-refractivity contribution in [2.75, 3.05) is 5.75 Å². The van der Waals surface area contributed by atoms with E-state index in [1.165, 1.54) is 32.1 Å². The monoisotopic (exact) mass is 276 g/mol. The number of unbranched alkanes of at least 4 members (excludes halogenated alkanes) is 6. The summed E-state index contributed by atoms with van der Waals surface area (Å²) in [5.74, 6) is -0.456. The summed E-state index contributed by atoms with van der Waals surface area (Å²) in [6.07, 6.45) is 8.20. The lowest BCUT2D eigenvalue weighted by atomic mass is 10.1. The van der Waals surface area contributed by atoms with Crippen LogP contribution in [0.5, 0.6) is 0 Å². The summed E-state index contributed by atoms with van der Waals surface area (Å²) in [6.45, 7) is 5.84. The second-order valence-electron chi connectivity index (χ2n) is 5.21. The van der Waals surface area contributed by atoms with Crippen LogP contribution < -0.4 is 0 Å². The highest BCUT2D eigenvalue weighted by atomic mass is 32.2. The first-order chi connectivity index (χ1) is 8.50. The van der Waals surface area contributed by atoms with E-state index in [0.717, 1.165) is 12.8 Å². The Bertz CT molecular complexity index is 251. The van der Waals surface area contributed by atoms with Crippen molar-refractivity contribution in [1.82, 2.24) is 0 Å². The highest BCUT2D eigenvalue weighted by Gasteiger charge is 2.27. The zero-order valence-electron chi connectivity index (χ0n) is 12.0. The summed E-state index contributed by atoms with van der Waals surface area (Å²) in [7, 11) is -1.23. The molecule has 0 rings (SSSR count).